The summed E-state index contributed by atoms with van der Waals surface area (Å²) in [6.45, 7) is 1.83. The largest absolute Gasteiger partial charge is 0.494 e. The molecule has 2 rings (SSSR count). The Bertz CT molecular complexity index is 656. The number of ether oxygens (including phenoxy) is 1. The maximum atomic E-state index is 13.3. The maximum Gasteiger partial charge on any atom is 0.257 e. The van der Waals surface area contributed by atoms with E-state index in [-0.39, 0.29) is 11.7 Å². The Hall–Kier alpha value is -2.56. The predicted octanol–water partition coefficient (Wildman–Crippen LogP) is 2.98. The Kier molecular flexibility index (Phi) is 3.89. The fraction of sp³-hybridized carbons (Fsp3) is 0.133. The molecule has 0 aromatic heterocycles. The highest BCUT2D eigenvalue weighted by Crippen LogP contribution is 2.23. The number of nitrogen functional groups attached to an aromatic ring is 1. The molecular formula is C15H15FN2O2. The van der Waals surface area contributed by atoms with Crippen molar-refractivity contribution in [1.29, 1.82) is 0 Å². The highest BCUT2D eigenvalue weighted by atomic mass is 19.1. The average Bonchev–Trinajstić information content (AvgIpc) is 2.43. The van der Waals surface area contributed by atoms with Crippen molar-refractivity contribution in [3.05, 3.63) is 53.3 Å². The van der Waals surface area contributed by atoms with Crippen molar-refractivity contribution in [2.24, 2.45) is 0 Å². The van der Waals surface area contributed by atoms with E-state index in [0.29, 0.717) is 16.9 Å². The van der Waals surface area contributed by atoms with Gasteiger partial charge in [0.1, 0.15) is 0 Å². The SMILES string of the molecule is COc1cc(NC(=O)c2cccc(C)c2N)ccc1F. The molecule has 3 N–H and O–H groups in total. The van der Waals surface area contributed by atoms with E-state index in [4.69, 9.17) is 10.5 Å². The number of amides is 1. The van der Waals surface area contributed by atoms with Crippen LogP contribution >= 0.6 is 0 Å². The summed E-state index contributed by atoms with van der Waals surface area (Å²) < 4.78 is 18.2. The third kappa shape index (κ3) is 2.71. The van der Waals surface area contributed by atoms with Crippen LogP contribution in [-0.2, 0) is 0 Å². The molecule has 0 aliphatic rings. The molecule has 0 aliphatic heterocycles. The fourth-order valence-corrected chi connectivity index (χ4v) is 1.81. The molecule has 0 saturated carbocycles. The second-order valence-corrected chi connectivity index (χ2v) is 4.34. The minimum atomic E-state index is -0.486. The van der Waals surface area contributed by atoms with E-state index in [1.54, 1.807) is 12.1 Å². The van der Waals surface area contributed by atoms with Gasteiger partial charge in [0.15, 0.2) is 11.6 Å². The summed E-state index contributed by atoms with van der Waals surface area (Å²) in [7, 11) is 1.36. The van der Waals surface area contributed by atoms with Gasteiger partial charge in [-0.1, -0.05) is 12.1 Å². The molecule has 0 atom stereocenters. The number of para-hydroxylation sites is 1. The number of halogens is 1. The van der Waals surface area contributed by atoms with E-state index in [9.17, 15) is 9.18 Å². The van der Waals surface area contributed by atoms with Crippen LogP contribution in [0.5, 0.6) is 5.75 Å². The second-order valence-electron chi connectivity index (χ2n) is 4.34. The monoisotopic (exact) mass is 274 g/mol. The lowest BCUT2D eigenvalue weighted by atomic mass is 10.1. The van der Waals surface area contributed by atoms with Gasteiger partial charge in [-0.2, -0.15) is 0 Å². The van der Waals surface area contributed by atoms with Gasteiger partial charge >= 0.3 is 0 Å². The molecule has 20 heavy (non-hydrogen) atoms. The van der Waals surface area contributed by atoms with Gasteiger partial charge in [-0.15, -0.1) is 0 Å². The quantitative estimate of drug-likeness (QED) is 0.846. The molecule has 2 aromatic carbocycles. The standard InChI is InChI=1S/C15H15FN2O2/c1-9-4-3-5-11(14(9)17)15(19)18-10-6-7-12(16)13(8-10)20-2/h3-8H,17H2,1-2H3,(H,18,19). The third-order valence-electron chi connectivity index (χ3n) is 2.98. The van der Waals surface area contributed by atoms with Crippen molar-refractivity contribution in [1.82, 2.24) is 0 Å². The molecule has 5 heteroatoms. The molecular weight excluding hydrogens is 259 g/mol. The van der Waals surface area contributed by atoms with E-state index >= 15 is 0 Å². The summed E-state index contributed by atoms with van der Waals surface area (Å²) in [6, 6.07) is 9.33. The number of carbonyl (C=O) groups excluding carboxylic acids is 1. The topological polar surface area (TPSA) is 64.3 Å². The number of rotatable bonds is 3. The molecule has 0 unspecified atom stereocenters. The maximum absolute atomic E-state index is 13.3. The van der Waals surface area contributed by atoms with Crippen molar-refractivity contribution in [2.75, 3.05) is 18.2 Å². The van der Waals surface area contributed by atoms with Crippen LogP contribution in [0.4, 0.5) is 15.8 Å². The zero-order valence-corrected chi connectivity index (χ0v) is 11.2. The number of hydrogen-bond acceptors (Lipinski definition) is 3. The first-order valence-corrected chi connectivity index (χ1v) is 6.03. The highest BCUT2D eigenvalue weighted by Gasteiger charge is 2.12. The van der Waals surface area contributed by atoms with E-state index in [1.165, 1.54) is 25.3 Å². The summed E-state index contributed by atoms with van der Waals surface area (Å²) >= 11 is 0. The number of carbonyl (C=O) groups is 1. The van der Waals surface area contributed by atoms with Gasteiger partial charge in [0.25, 0.3) is 5.91 Å². The summed E-state index contributed by atoms with van der Waals surface area (Å²) in [5.74, 6) is -0.763. The first-order valence-electron chi connectivity index (χ1n) is 6.03. The van der Waals surface area contributed by atoms with E-state index in [1.807, 2.05) is 13.0 Å². The van der Waals surface area contributed by atoms with Crippen LogP contribution in [0.15, 0.2) is 36.4 Å². The van der Waals surface area contributed by atoms with Gasteiger partial charge in [0.2, 0.25) is 0 Å². The molecule has 1 amide bonds. The molecule has 0 radical (unpaired) electrons. The summed E-state index contributed by atoms with van der Waals surface area (Å²) in [5, 5.41) is 2.66. The predicted molar refractivity (Wildman–Crippen MR) is 76.5 cm³/mol. The Morgan fingerprint density at radius 3 is 2.75 bits per heavy atom. The molecule has 2 aromatic rings. The van der Waals surface area contributed by atoms with Crippen molar-refractivity contribution < 1.29 is 13.9 Å². The van der Waals surface area contributed by atoms with Crippen LogP contribution in [-0.4, -0.2) is 13.0 Å². The lowest BCUT2D eigenvalue weighted by Gasteiger charge is -2.10. The molecule has 0 aliphatic carbocycles. The molecule has 0 bridgehead atoms. The summed E-state index contributed by atoms with van der Waals surface area (Å²) in [6.07, 6.45) is 0. The van der Waals surface area contributed by atoms with Crippen LogP contribution in [0, 0.1) is 12.7 Å². The van der Waals surface area contributed by atoms with Crippen molar-refractivity contribution >= 4 is 17.3 Å². The van der Waals surface area contributed by atoms with E-state index < -0.39 is 5.82 Å². The average molecular weight is 274 g/mol. The third-order valence-corrected chi connectivity index (χ3v) is 2.98. The molecule has 0 fully saturated rings. The van der Waals surface area contributed by atoms with Gasteiger partial charge < -0.3 is 15.8 Å². The number of methoxy groups -OCH3 is 1. The van der Waals surface area contributed by atoms with Crippen molar-refractivity contribution in [3.63, 3.8) is 0 Å². The Labute approximate surface area is 116 Å². The molecule has 4 nitrogen and oxygen atoms in total. The lowest BCUT2D eigenvalue weighted by molar-refractivity contribution is 0.102. The second kappa shape index (κ2) is 5.61. The van der Waals surface area contributed by atoms with Crippen LogP contribution in [0.2, 0.25) is 0 Å². The van der Waals surface area contributed by atoms with Gasteiger partial charge in [0, 0.05) is 17.4 Å². The van der Waals surface area contributed by atoms with Gasteiger partial charge in [0.05, 0.1) is 12.7 Å². The number of anilines is 2. The smallest absolute Gasteiger partial charge is 0.257 e. The van der Waals surface area contributed by atoms with Crippen molar-refractivity contribution in [2.45, 2.75) is 6.92 Å². The number of hydrogen-bond donors (Lipinski definition) is 2. The Morgan fingerprint density at radius 2 is 2.05 bits per heavy atom. The first kappa shape index (κ1) is 13.9. The molecule has 104 valence electrons. The number of benzene rings is 2. The molecule has 0 spiro atoms. The van der Waals surface area contributed by atoms with Gasteiger partial charge in [-0.3, -0.25) is 4.79 Å². The van der Waals surface area contributed by atoms with E-state index in [0.717, 1.165) is 5.56 Å². The summed E-state index contributed by atoms with van der Waals surface area (Å²) in [4.78, 5) is 12.1. The zero-order valence-electron chi connectivity index (χ0n) is 11.2. The highest BCUT2D eigenvalue weighted by molar-refractivity contribution is 6.08. The number of nitrogens with two attached hydrogens (primary N) is 1. The summed E-state index contributed by atoms with van der Waals surface area (Å²) in [5.41, 5.74) is 7.95. The normalized spacial score (nSPS) is 10.2. The van der Waals surface area contributed by atoms with Crippen LogP contribution < -0.4 is 15.8 Å². The fourth-order valence-electron chi connectivity index (χ4n) is 1.81. The Morgan fingerprint density at radius 1 is 1.30 bits per heavy atom. The lowest BCUT2D eigenvalue weighted by Crippen LogP contribution is -2.14. The van der Waals surface area contributed by atoms with Gasteiger partial charge in [-0.05, 0) is 30.7 Å². The molecule has 0 heterocycles. The van der Waals surface area contributed by atoms with E-state index in [2.05, 4.69) is 5.32 Å². The van der Waals surface area contributed by atoms with Crippen LogP contribution in [0.1, 0.15) is 15.9 Å². The minimum absolute atomic E-state index is 0.0695. The van der Waals surface area contributed by atoms with Crippen LogP contribution in [0.3, 0.4) is 0 Å². The molecule has 0 saturated heterocycles. The first-order chi connectivity index (χ1) is 9.52. The minimum Gasteiger partial charge on any atom is -0.494 e. The zero-order chi connectivity index (χ0) is 14.7. The van der Waals surface area contributed by atoms with Crippen LogP contribution in [0.25, 0.3) is 0 Å². The van der Waals surface area contributed by atoms with Crippen molar-refractivity contribution in [3.8, 4) is 5.75 Å². The van der Waals surface area contributed by atoms with Gasteiger partial charge in [-0.25, -0.2) is 4.39 Å². The Balaban J connectivity index is 2.26. The number of nitrogens with one attached hydrogen (secondary N) is 1. The number of aryl methyl sites for hydroxylation is 1.